The van der Waals surface area contributed by atoms with E-state index in [1.165, 1.54) is 0 Å². The molecule has 0 radical (unpaired) electrons. The van der Waals surface area contributed by atoms with E-state index in [0.717, 1.165) is 10.5 Å². The molecule has 108 valence electrons. The van der Waals surface area contributed by atoms with Crippen molar-refractivity contribution in [3.63, 3.8) is 0 Å². The van der Waals surface area contributed by atoms with Crippen LogP contribution >= 0.6 is 12.6 Å². The molecule has 1 aliphatic rings. The van der Waals surface area contributed by atoms with E-state index in [1.807, 2.05) is 19.1 Å². The quantitative estimate of drug-likeness (QED) is 0.804. The molecule has 2 rings (SSSR count). The van der Waals surface area contributed by atoms with E-state index in [1.54, 1.807) is 36.8 Å². The predicted molar refractivity (Wildman–Crippen MR) is 81.2 cm³/mol. The van der Waals surface area contributed by atoms with Gasteiger partial charge in [0.2, 0.25) is 5.91 Å². The van der Waals surface area contributed by atoms with Crippen LogP contribution in [0.3, 0.4) is 0 Å². The lowest BCUT2D eigenvalue weighted by Gasteiger charge is -2.44. The molecule has 0 saturated carbocycles. The summed E-state index contributed by atoms with van der Waals surface area (Å²) in [5.41, 5.74) is 0.696. The molecule has 0 aliphatic carbocycles. The zero-order chi connectivity index (χ0) is 15.1. The van der Waals surface area contributed by atoms with Crippen molar-refractivity contribution in [3.05, 3.63) is 29.3 Å². The fourth-order valence-electron chi connectivity index (χ4n) is 2.55. The van der Waals surface area contributed by atoms with Crippen molar-refractivity contribution in [2.45, 2.75) is 31.2 Å². The van der Waals surface area contributed by atoms with Gasteiger partial charge >= 0.3 is 0 Å². The van der Waals surface area contributed by atoms with Crippen LogP contribution in [0, 0.1) is 6.92 Å². The number of rotatable bonds is 1. The average molecular weight is 292 g/mol. The highest BCUT2D eigenvalue weighted by Crippen LogP contribution is 2.25. The number of hydrogen-bond acceptors (Lipinski definition) is 3. The average Bonchev–Trinajstić information content (AvgIpc) is 2.38. The Bertz CT molecular complexity index is 569. The van der Waals surface area contributed by atoms with Crippen molar-refractivity contribution < 1.29 is 9.59 Å². The van der Waals surface area contributed by atoms with Crippen molar-refractivity contribution >= 4 is 24.4 Å². The molecule has 0 N–H and O–H groups in total. The number of carbonyl (C=O) groups is 2. The van der Waals surface area contributed by atoms with Crippen LogP contribution in [0.15, 0.2) is 23.1 Å². The van der Waals surface area contributed by atoms with Gasteiger partial charge < -0.3 is 9.80 Å². The summed E-state index contributed by atoms with van der Waals surface area (Å²) in [5.74, 6) is -0.137. The maximum atomic E-state index is 12.8. The van der Waals surface area contributed by atoms with E-state index < -0.39 is 5.54 Å². The summed E-state index contributed by atoms with van der Waals surface area (Å²) in [6, 6.07) is 5.50. The Morgan fingerprint density at radius 1 is 1.30 bits per heavy atom. The van der Waals surface area contributed by atoms with E-state index in [4.69, 9.17) is 0 Å². The number of thiol groups is 1. The van der Waals surface area contributed by atoms with Crippen LogP contribution in [-0.4, -0.2) is 47.3 Å². The molecule has 20 heavy (non-hydrogen) atoms. The normalized spacial score (nSPS) is 18.4. The standard InChI is InChI=1S/C15H20N2O2S/c1-10-5-6-11(20)9-12(10)13(18)17-8-7-16(4)14(19)15(17,2)3/h5-6,9,20H,7-8H2,1-4H3. The molecule has 0 bridgehead atoms. The van der Waals surface area contributed by atoms with Crippen molar-refractivity contribution in [1.29, 1.82) is 0 Å². The summed E-state index contributed by atoms with van der Waals surface area (Å²) in [5, 5.41) is 0. The molecule has 5 heteroatoms. The van der Waals surface area contributed by atoms with E-state index in [-0.39, 0.29) is 11.8 Å². The first kappa shape index (κ1) is 14.9. The summed E-state index contributed by atoms with van der Waals surface area (Å²) < 4.78 is 0. The zero-order valence-electron chi connectivity index (χ0n) is 12.3. The topological polar surface area (TPSA) is 40.6 Å². The zero-order valence-corrected chi connectivity index (χ0v) is 13.2. The molecular formula is C15H20N2O2S. The molecule has 0 atom stereocenters. The Kier molecular flexibility index (Phi) is 3.82. The molecule has 0 aromatic heterocycles. The highest BCUT2D eigenvalue weighted by atomic mass is 32.1. The summed E-state index contributed by atoms with van der Waals surface area (Å²) >= 11 is 4.29. The van der Waals surface area contributed by atoms with Gasteiger partial charge in [0.15, 0.2) is 0 Å². The van der Waals surface area contributed by atoms with Gasteiger partial charge in [0.05, 0.1) is 0 Å². The monoisotopic (exact) mass is 292 g/mol. The number of hydrogen-bond donors (Lipinski definition) is 1. The molecule has 0 unspecified atom stereocenters. The Labute approximate surface area is 125 Å². The summed E-state index contributed by atoms with van der Waals surface area (Å²) in [7, 11) is 1.77. The summed E-state index contributed by atoms with van der Waals surface area (Å²) in [6.07, 6.45) is 0. The Balaban J connectivity index is 2.38. The Morgan fingerprint density at radius 2 is 1.95 bits per heavy atom. The molecule has 1 aromatic carbocycles. The molecule has 4 nitrogen and oxygen atoms in total. The van der Waals surface area contributed by atoms with Gasteiger partial charge in [0, 0.05) is 30.6 Å². The number of likely N-dealkylation sites (N-methyl/N-ethyl adjacent to an activating group) is 1. The highest BCUT2D eigenvalue weighted by molar-refractivity contribution is 7.80. The van der Waals surface area contributed by atoms with Crippen LogP contribution < -0.4 is 0 Å². The van der Waals surface area contributed by atoms with Crippen LogP contribution in [0.4, 0.5) is 0 Å². The second-order valence-corrected chi connectivity index (χ2v) is 6.26. The number of carbonyl (C=O) groups excluding carboxylic acids is 2. The SMILES string of the molecule is Cc1ccc(S)cc1C(=O)N1CCN(C)C(=O)C1(C)C. The van der Waals surface area contributed by atoms with Gasteiger partial charge in [0.1, 0.15) is 5.54 Å². The number of piperazine rings is 1. The first-order valence-electron chi connectivity index (χ1n) is 6.62. The number of nitrogens with zero attached hydrogens (tertiary/aromatic N) is 2. The molecule has 1 aromatic rings. The van der Waals surface area contributed by atoms with Crippen molar-refractivity contribution in [1.82, 2.24) is 9.80 Å². The first-order valence-corrected chi connectivity index (χ1v) is 7.07. The maximum Gasteiger partial charge on any atom is 0.255 e. The van der Waals surface area contributed by atoms with Gasteiger partial charge in [-0.2, -0.15) is 0 Å². The molecule has 1 saturated heterocycles. The first-order chi connectivity index (χ1) is 9.25. The van der Waals surface area contributed by atoms with E-state index in [9.17, 15) is 9.59 Å². The third kappa shape index (κ3) is 2.42. The largest absolute Gasteiger partial charge is 0.342 e. The Hall–Kier alpha value is -1.49. The minimum Gasteiger partial charge on any atom is -0.342 e. The number of benzene rings is 1. The second kappa shape index (κ2) is 5.13. The van der Waals surface area contributed by atoms with Crippen LogP contribution in [0.5, 0.6) is 0 Å². The van der Waals surface area contributed by atoms with Gasteiger partial charge in [-0.05, 0) is 38.5 Å². The maximum absolute atomic E-state index is 12.8. The third-order valence-electron chi connectivity index (χ3n) is 3.90. The van der Waals surface area contributed by atoms with E-state index in [0.29, 0.717) is 18.7 Å². The molecule has 2 amide bonds. The van der Waals surface area contributed by atoms with Crippen LogP contribution in [0.25, 0.3) is 0 Å². The predicted octanol–water partition coefficient (Wildman–Crippen LogP) is 1.98. The van der Waals surface area contributed by atoms with Crippen molar-refractivity contribution in [2.24, 2.45) is 0 Å². The third-order valence-corrected chi connectivity index (χ3v) is 4.18. The minimum absolute atomic E-state index is 0.0308. The van der Waals surface area contributed by atoms with E-state index >= 15 is 0 Å². The molecule has 1 heterocycles. The second-order valence-electron chi connectivity index (χ2n) is 5.74. The lowest BCUT2D eigenvalue weighted by Crippen LogP contribution is -2.63. The van der Waals surface area contributed by atoms with E-state index in [2.05, 4.69) is 12.6 Å². The molecule has 0 spiro atoms. The molecule has 1 fully saturated rings. The summed E-state index contributed by atoms with van der Waals surface area (Å²) in [6.45, 7) is 6.59. The van der Waals surface area contributed by atoms with Gasteiger partial charge in [0.25, 0.3) is 5.91 Å². The van der Waals surface area contributed by atoms with Gasteiger partial charge in [-0.3, -0.25) is 9.59 Å². The van der Waals surface area contributed by atoms with Crippen molar-refractivity contribution in [2.75, 3.05) is 20.1 Å². The van der Waals surface area contributed by atoms with Gasteiger partial charge in [-0.25, -0.2) is 0 Å². The summed E-state index contributed by atoms with van der Waals surface area (Å²) in [4.78, 5) is 29.1. The van der Waals surface area contributed by atoms with Crippen LogP contribution in [0.2, 0.25) is 0 Å². The molecular weight excluding hydrogens is 272 g/mol. The number of amides is 2. The highest BCUT2D eigenvalue weighted by Gasteiger charge is 2.43. The lowest BCUT2D eigenvalue weighted by atomic mass is 9.95. The smallest absolute Gasteiger partial charge is 0.255 e. The fraction of sp³-hybridized carbons (Fsp3) is 0.467. The molecule has 1 aliphatic heterocycles. The van der Waals surface area contributed by atoms with Crippen molar-refractivity contribution in [3.8, 4) is 0 Å². The lowest BCUT2D eigenvalue weighted by molar-refractivity contribution is -0.144. The fourth-order valence-corrected chi connectivity index (χ4v) is 2.76. The van der Waals surface area contributed by atoms with Gasteiger partial charge in [-0.1, -0.05) is 6.07 Å². The van der Waals surface area contributed by atoms with Crippen LogP contribution in [-0.2, 0) is 4.79 Å². The van der Waals surface area contributed by atoms with Gasteiger partial charge in [-0.15, -0.1) is 12.6 Å². The van der Waals surface area contributed by atoms with Crippen LogP contribution in [0.1, 0.15) is 29.8 Å². The minimum atomic E-state index is -0.816. The Morgan fingerprint density at radius 3 is 2.60 bits per heavy atom. The number of aryl methyl sites for hydroxylation is 1.